The molecule has 0 unspecified atom stereocenters. The molecule has 0 aromatic heterocycles. The Morgan fingerprint density at radius 3 is 2.50 bits per heavy atom. The molecule has 2 rings (SSSR count). The molecule has 0 fully saturated rings. The SMILES string of the molecule is CN(Cc1cccc(F)c1)c1ccc(C=O)cc1. The van der Waals surface area contributed by atoms with Crippen LogP contribution in [0.2, 0.25) is 0 Å². The molecule has 18 heavy (non-hydrogen) atoms. The van der Waals surface area contributed by atoms with E-state index in [1.165, 1.54) is 12.1 Å². The highest BCUT2D eigenvalue weighted by atomic mass is 19.1. The zero-order valence-electron chi connectivity index (χ0n) is 10.1. The highest BCUT2D eigenvalue weighted by Crippen LogP contribution is 2.16. The van der Waals surface area contributed by atoms with E-state index in [1.54, 1.807) is 18.2 Å². The molecule has 0 radical (unpaired) electrons. The van der Waals surface area contributed by atoms with E-state index < -0.39 is 0 Å². The average Bonchev–Trinajstić information content (AvgIpc) is 2.39. The third-order valence-corrected chi connectivity index (χ3v) is 2.78. The third kappa shape index (κ3) is 2.94. The van der Waals surface area contributed by atoms with Crippen LogP contribution >= 0.6 is 0 Å². The fourth-order valence-corrected chi connectivity index (χ4v) is 1.81. The van der Waals surface area contributed by atoms with Gasteiger partial charge in [0.05, 0.1) is 0 Å². The minimum atomic E-state index is -0.225. The molecule has 2 nitrogen and oxygen atoms in total. The van der Waals surface area contributed by atoms with Gasteiger partial charge in [-0.25, -0.2) is 4.39 Å². The Morgan fingerprint density at radius 1 is 1.17 bits per heavy atom. The van der Waals surface area contributed by atoms with E-state index in [4.69, 9.17) is 0 Å². The van der Waals surface area contributed by atoms with Crippen molar-refractivity contribution in [3.8, 4) is 0 Å². The molecule has 0 amide bonds. The van der Waals surface area contributed by atoms with Crippen molar-refractivity contribution in [3.63, 3.8) is 0 Å². The van der Waals surface area contributed by atoms with Crippen molar-refractivity contribution >= 4 is 12.0 Å². The van der Waals surface area contributed by atoms with Gasteiger partial charge >= 0.3 is 0 Å². The smallest absolute Gasteiger partial charge is 0.150 e. The quantitative estimate of drug-likeness (QED) is 0.768. The molecule has 0 aliphatic heterocycles. The van der Waals surface area contributed by atoms with Crippen LogP contribution in [0.25, 0.3) is 0 Å². The van der Waals surface area contributed by atoms with Crippen molar-refractivity contribution in [2.45, 2.75) is 6.54 Å². The normalized spacial score (nSPS) is 10.1. The summed E-state index contributed by atoms with van der Waals surface area (Å²) in [5, 5.41) is 0. The van der Waals surface area contributed by atoms with Gasteiger partial charge in [-0.1, -0.05) is 12.1 Å². The van der Waals surface area contributed by atoms with E-state index in [1.807, 2.05) is 30.1 Å². The molecular formula is C15H14FNO. The molecule has 3 heteroatoms. The van der Waals surface area contributed by atoms with Crippen molar-refractivity contribution in [1.82, 2.24) is 0 Å². The van der Waals surface area contributed by atoms with Crippen LogP contribution in [0.5, 0.6) is 0 Å². The second kappa shape index (κ2) is 5.45. The van der Waals surface area contributed by atoms with Crippen LogP contribution < -0.4 is 4.90 Å². The molecular weight excluding hydrogens is 229 g/mol. The van der Waals surface area contributed by atoms with Crippen LogP contribution in [-0.2, 0) is 6.54 Å². The molecule has 0 N–H and O–H groups in total. The van der Waals surface area contributed by atoms with Crippen LogP contribution in [0.15, 0.2) is 48.5 Å². The number of benzene rings is 2. The maximum absolute atomic E-state index is 13.1. The predicted molar refractivity (Wildman–Crippen MR) is 70.3 cm³/mol. The zero-order valence-corrected chi connectivity index (χ0v) is 10.1. The Kier molecular flexibility index (Phi) is 3.72. The molecule has 0 aliphatic carbocycles. The van der Waals surface area contributed by atoms with Gasteiger partial charge in [-0.15, -0.1) is 0 Å². The number of carbonyl (C=O) groups excluding carboxylic acids is 1. The lowest BCUT2D eigenvalue weighted by Crippen LogP contribution is -2.16. The van der Waals surface area contributed by atoms with Crippen molar-refractivity contribution < 1.29 is 9.18 Å². The molecule has 2 aromatic carbocycles. The van der Waals surface area contributed by atoms with E-state index in [-0.39, 0.29) is 5.82 Å². The van der Waals surface area contributed by atoms with Crippen molar-refractivity contribution in [3.05, 3.63) is 65.5 Å². The fourth-order valence-electron chi connectivity index (χ4n) is 1.81. The van der Waals surface area contributed by atoms with Crippen molar-refractivity contribution in [1.29, 1.82) is 0 Å². The maximum Gasteiger partial charge on any atom is 0.150 e. The Labute approximate surface area is 106 Å². The van der Waals surface area contributed by atoms with Crippen LogP contribution in [0.3, 0.4) is 0 Å². The third-order valence-electron chi connectivity index (χ3n) is 2.78. The zero-order chi connectivity index (χ0) is 13.0. The van der Waals surface area contributed by atoms with Gasteiger partial charge in [0.15, 0.2) is 0 Å². The van der Waals surface area contributed by atoms with E-state index >= 15 is 0 Å². The van der Waals surface area contributed by atoms with Gasteiger partial charge in [-0.3, -0.25) is 4.79 Å². The van der Waals surface area contributed by atoms with Gasteiger partial charge in [0, 0.05) is 24.8 Å². The summed E-state index contributed by atoms with van der Waals surface area (Å²) in [7, 11) is 1.93. The van der Waals surface area contributed by atoms with Crippen molar-refractivity contribution in [2.75, 3.05) is 11.9 Å². The minimum absolute atomic E-state index is 0.225. The lowest BCUT2D eigenvalue weighted by atomic mass is 10.2. The van der Waals surface area contributed by atoms with Gasteiger partial charge < -0.3 is 4.90 Å². The Morgan fingerprint density at radius 2 is 1.89 bits per heavy atom. The Balaban J connectivity index is 2.11. The first-order valence-corrected chi connectivity index (χ1v) is 5.70. The van der Waals surface area contributed by atoms with Gasteiger partial charge in [0.1, 0.15) is 12.1 Å². The van der Waals surface area contributed by atoms with Gasteiger partial charge in [0.25, 0.3) is 0 Å². The van der Waals surface area contributed by atoms with Crippen LogP contribution in [-0.4, -0.2) is 13.3 Å². The first-order chi connectivity index (χ1) is 8.69. The van der Waals surface area contributed by atoms with Crippen LogP contribution in [0.1, 0.15) is 15.9 Å². The number of carbonyl (C=O) groups is 1. The summed E-state index contributed by atoms with van der Waals surface area (Å²) >= 11 is 0. The number of hydrogen-bond acceptors (Lipinski definition) is 2. The molecule has 0 heterocycles. The molecule has 0 bridgehead atoms. The predicted octanol–water partition coefficient (Wildman–Crippen LogP) is 3.27. The number of aldehydes is 1. The standard InChI is InChI=1S/C15H14FNO/c1-17(10-13-3-2-4-14(16)9-13)15-7-5-12(11-18)6-8-15/h2-9,11H,10H2,1H3. The van der Waals surface area contributed by atoms with Gasteiger partial charge in [-0.2, -0.15) is 0 Å². The highest BCUT2D eigenvalue weighted by Gasteiger charge is 2.03. The first kappa shape index (κ1) is 12.3. The van der Waals surface area contributed by atoms with E-state index in [2.05, 4.69) is 0 Å². The van der Waals surface area contributed by atoms with Crippen LogP contribution in [0.4, 0.5) is 10.1 Å². The molecule has 92 valence electrons. The molecule has 0 saturated carbocycles. The number of rotatable bonds is 4. The summed E-state index contributed by atoms with van der Waals surface area (Å²) in [4.78, 5) is 12.6. The molecule has 2 aromatic rings. The number of nitrogens with zero attached hydrogens (tertiary/aromatic N) is 1. The molecule has 0 spiro atoms. The second-order valence-corrected chi connectivity index (χ2v) is 4.20. The Bertz CT molecular complexity index is 536. The van der Waals surface area contributed by atoms with Crippen LogP contribution in [0, 0.1) is 5.82 Å². The summed E-state index contributed by atoms with van der Waals surface area (Å²) in [5.74, 6) is -0.225. The first-order valence-electron chi connectivity index (χ1n) is 5.70. The fraction of sp³-hybridized carbons (Fsp3) is 0.133. The summed E-state index contributed by atoms with van der Waals surface area (Å²) in [6.45, 7) is 0.623. The summed E-state index contributed by atoms with van der Waals surface area (Å²) in [6.07, 6.45) is 0.816. The van der Waals surface area contributed by atoms with Gasteiger partial charge in [0.2, 0.25) is 0 Å². The molecule has 0 aliphatic rings. The van der Waals surface area contributed by atoms with E-state index in [9.17, 15) is 9.18 Å². The van der Waals surface area contributed by atoms with E-state index in [0.717, 1.165) is 17.5 Å². The monoisotopic (exact) mass is 243 g/mol. The minimum Gasteiger partial charge on any atom is -0.370 e. The lowest BCUT2D eigenvalue weighted by molar-refractivity contribution is 0.112. The molecule has 0 saturated heterocycles. The molecule has 0 atom stereocenters. The van der Waals surface area contributed by atoms with Gasteiger partial charge in [-0.05, 0) is 42.0 Å². The van der Waals surface area contributed by atoms with E-state index in [0.29, 0.717) is 12.1 Å². The number of halogens is 1. The number of anilines is 1. The second-order valence-electron chi connectivity index (χ2n) is 4.20. The Hall–Kier alpha value is -2.16. The average molecular weight is 243 g/mol. The summed E-state index contributed by atoms with van der Waals surface area (Å²) < 4.78 is 13.1. The summed E-state index contributed by atoms with van der Waals surface area (Å²) in [5.41, 5.74) is 2.56. The van der Waals surface area contributed by atoms with Crippen molar-refractivity contribution in [2.24, 2.45) is 0 Å². The maximum atomic E-state index is 13.1. The number of hydrogen-bond donors (Lipinski definition) is 0. The largest absolute Gasteiger partial charge is 0.370 e. The lowest BCUT2D eigenvalue weighted by Gasteiger charge is -2.19. The topological polar surface area (TPSA) is 20.3 Å². The summed E-state index contributed by atoms with van der Waals surface area (Å²) in [6, 6.07) is 13.8. The highest BCUT2D eigenvalue weighted by molar-refractivity contribution is 5.75.